The van der Waals surface area contributed by atoms with Gasteiger partial charge in [-0.3, -0.25) is 9.20 Å². The molecule has 4 aromatic rings. The van der Waals surface area contributed by atoms with Gasteiger partial charge < -0.3 is 5.32 Å². The lowest BCUT2D eigenvalue weighted by atomic mass is 10.1. The summed E-state index contributed by atoms with van der Waals surface area (Å²) in [5.74, 6) is -0.901. The monoisotopic (exact) mass is 470 g/mol. The van der Waals surface area contributed by atoms with E-state index in [0.717, 1.165) is 28.4 Å². The van der Waals surface area contributed by atoms with Crippen molar-refractivity contribution < 1.29 is 17.6 Å². The summed E-state index contributed by atoms with van der Waals surface area (Å²) in [5, 5.41) is 4.78. The summed E-state index contributed by atoms with van der Waals surface area (Å²) in [7, 11) is -3.90. The van der Waals surface area contributed by atoms with Crippen molar-refractivity contribution >= 4 is 37.9 Å². The largest absolute Gasteiger partial charge is 0.325 e. The fraction of sp³-hybridized carbons (Fsp3) is 0.182. The lowest BCUT2D eigenvalue weighted by Crippen LogP contribution is -2.43. The van der Waals surface area contributed by atoms with Crippen molar-refractivity contribution in [2.24, 2.45) is 0 Å². The second-order valence-corrected chi connectivity index (χ2v) is 10.3. The molecule has 2 aromatic heterocycles. The molecule has 0 spiro atoms. The molecule has 5 rings (SSSR count). The summed E-state index contributed by atoms with van der Waals surface area (Å²) >= 11 is 1.55. The van der Waals surface area contributed by atoms with Gasteiger partial charge in [-0.2, -0.15) is 4.31 Å². The number of benzene rings is 2. The molecule has 1 aliphatic rings. The average Bonchev–Trinajstić information content (AvgIpc) is 3.51. The van der Waals surface area contributed by atoms with Crippen LogP contribution in [0, 0.1) is 5.82 Å². The summed E-state index contributed by atoms with van der Waals surface area (Å²) in [6.07, 6.45) is 4.89. The summed E-state index contributed by atoms with van der Waals surface area (Å²) in [6, 6.07) is 11.1. The molecule has 0 unspecified atom stereocenters. The maximum Gasteiger partial charge on any atom is 0.243 e. The van der Waals surface area contributed by atoms with Crippen LogP contribution in [0.1, 0.15) is 12.8 Å². The number of hydrogen-bond acceptors (Lipinski definition) is 5. The Morgan fingerprint density at radius 3 is 2.59 bits per heavy atom. The highest BCUT2D eigenvalue weighted by atomic mass is 32.2. The third-order valence-corrected chi connectivity index (χ3v) is 8.16. The van der Waals surface area contributed by atoms with E-state index in [0.29, 0.717) is 18.5 Å². The van der Waals surface area contributed by atoms with E-state index in [4.69, 9.17) is 0 Å². The Morgan fingerprint density at radius 2 is 1.88 bits per heavy atom. The molecule has 7 nitrogen and oxygen atoms in total. The molecule has 1 atom stereocenters. The van der Waals surface area contributed by atoms with Gasteiger partial charge >= 0.3 is 0 Å². The molecule has 1 N–H and O–H groups in total. The van der Waals surface area contributed by atoms with Gasteiger partial charge in [-0.25, -0.2) is 17.8 Å². The first-order valence-electron chi connectivity index (χ1n) is 10.0. The average molecular weight is 471 g/mol. The number of hydrogen-bond donors (Lipinski definition) is 1. The number of carbonyl (C=O) groups excluding carboxylic acids is 1. The second-order valence-electron chi connectivity index (χ2n) is 7.51. The first-order valence-corrected chi connectivity index (χ1v) is 12.3. The molecule has 1 amide bonds. The van der Waals surface area contributed by atoms with Crippen molar-refractivity contribution in [3.63, 3.8) is 0 Å². The van der Waals surface area contributed by atoms with E-state index >= 15 is 0 Å². The van der Waals surface area contributed by atoms with Gasteiger partial charge in [-0.1, -0.05) is 12.1 Å². The minimum Gasteiger partial charge on any atom is -0.325 e. The van der Waals surface area contributed by atoms with Crippen molar-refractivity contribution in [3.05, 3.63) is 72.1 Å². The molecule has 1 saturated heterocycles. The van der Waals surface area contributed by atoms with Crippen LogP contribution < -0.4 is 5.32 Å². The molecular weight excluding hydrogens is 451 g/mol. The zero-order chi connectivity index (χ0) is 22.3. The van der Waals surface area contributed by atoms with Gasteiger partial charge in [-0.15, -0.1) is 11.3 Å². The first-order chi connectivity index (χ1) is 15.4. The number of halogens is 1. The zero-order valence-electron chi connectivity index (χ0n) is 16.8. The number of thiazole rings is 1. The van der Waals surface area contributed by atoms with Gasteiger partial charge in [0.2, 0.25) is 15.9 Å². The van der Waals surface area contributed by atoms with Crippen LogP contribution in [0.5, 0.6) is 0 Å². The third kappa shape index (κ3) is 3.81. The molecule has 164 valence electrons. The topological polar surface area (TPSA) is 83.8 Å². The highest BCUT2D eigenvalue weighted by molar-refractivity contribution is 7.89. The molecule has 32 heavy (non-hydrogen) atoms. The Morgan fingerprint density at radius 1 is 1.12 bits per heavy atom. The third-order valence-electron chi connectivity index (χ3n) is 5.47. The Kier molecular flexibility index (Phi) is 5.28. The number of aromatic nitrogens is 2. The standard InChI is InChI=1S/C22H19FN4O3S2/c23-16-5-9-18(10-6-16)32(29,30)27-11-1-2-20(27)21(28)24-17-7-3-15(4-8-17)19-14-26-12-13-31-22(26)25-19/h3-10,12-14,20H,1-2,11H2,(H,24,28)/t20-/m0/s1. The van der Waals surface area contributed by atoms with Crippen LogP contribution in [0.15, 0.2) is 71.2 Å². The maximum absolute atomic E-state index is 13.2. The second kappa shape index (κ2) is 8.12. The number of anilines is 1. The highest BCUT2D eigenvalue weighted by Crippen LogP contribution is 2.28. The summed E-state index contributed by atoms with van der Waals surface area (Å²) in [6.45, 7) is 0.244. The van der Waals surface area contributed by atoms with Crippen LogP contribution in [-0.4, -0.2) is 40.6 Å². The van der Waals surface area contributed by atoms with Crippen molar-refractivity contribution in [3.8, 4) is 11.3 Å². The molecule has 0 radical (unpaired) electrons. The molecular formula is C22H19FN4O3S2. The number of carbonyl (C=O) groups is 1. The van der Waals surface area contributed by atoms with E-state index in [-0.39, 0.29) is 17.3 Å². The maximum atomic E-state index is 13.2. The molecule has 1 aliphatic heterocycles. The van der Waals surface area contributed by atoms with Gasteiger partial charge in [0.15, 0.2) is 4.96 Å². The number of rotatable bonds is 5. The normalized spacial score (nSPS) is 17.1. The van der Waals surface area contributed by atoms with Crippen molar-refractivity contribution in [1.29, 1.82) is 0 Å². The predicted octanol–water partition coefficient (Wildman–Crippen LogP) is 3.99. The number of sulfonamides is 1. The van der Waals surface area contributed by atoms with Gasteiger partial charge in [0.25, 0.3) is 0 Å². The van der Waals surface area contributed by atoms with Gasteiger partial charge in [0.05, 0.1) is 10.6 Å². The Balaban J connectivity index is 1.31. The molecule has 2 aromatic carbocycles. The molecule has 10 heteroatoms. The SMILES string of the molecule is O=C(Nc1ccc(-c2cn3ccsc3n2)cc1)[C@@H]1CCCN1S(=O)(=O)c1ccc(F)cc1. The fourth-order valence-corrected chi connectivity index (χ4v) is 6.20. The van der Waals surface area contributed by atoms with Crippen molar-refractivity contribution in [2.45, 2.75) is 23.8 Å². The van der Waals surface area contributed by atoms with Gasteiger partial charge in [0.1, 0.15) is 11.9 Å². The number of nitrogens with zero attached hydrogens (tertiary/aromatic N) is 3. The number of nitrogens with one attached hydrogen (secondary N) is 1. The van der Waals surface area contributed by atoms with E-state index < -0.39 is 21.9 Å². The zero-order valence-corrected chi connectivity index (χ0v) is 18.4. The van der Waals surface area contributed by atoms with Crippen LogP contribution in [-0.2, 0) is 14.8 Å². The van der Waals surface area contributed by atoms with Crippen LogP contribution in [0.3, 0.4) is 0 Å². The summed E-state index contributed by atoms with van der Waals surface area (Å²) in [5.41, 5.74) is 2.33. The fourth-order valence-electron chi connectivity index (χ4n) is 3.85. The Bertz CT molecular complexity index is 1350. The van der Waals surface area contributed by atoms with Crippen LogP contribution in [0.4, 0.5) is 10.1 Å². The van der Waals surface area contributed by atoms with Crippen molar-refractivity contribution in [1.82, 2.24) is 13.7 Å². The van der Waals surface area contributed by atoms with E-state index in [1.165, 1.54) is 16.4 Å². The summed E-state index contributed by atoms with van der Waals surface area (Å²) in [4.78, 5) is 18.3. The molecule has 0 saturated carbocycles. The Labute approximate surface area is 188 Å². The van der Waals surface area contributed by atoms with E-state index in [1.807, 2.05) is 34.3 Å². The summed E-state index contributed by atoms with van der Waals surface area (Å²) < 4.78 is 42.3. The Hall–Kier alpha value is -3.08. The number of fused-ring (bicyclic) bond motifs is 1. The molecule has 3 heterocycles. The van der Waals surface area contributed by atoms with E-state index in [9.17, 15) is 17.6 Å². The van der Waals surface area contributed by atoms with E-state index in [1.54, 1.807) is 23.5 Å². The number of amides is 1. The lowest BCUT2D eigenvalue weighted by molar-refractivity contribution is -0.119. The predicted molar refractivity (Wildman–Crippen MR) is 120 cm³/mol. The quantitative estimate of drug-likeness (QED) is 0.478. The minimum absolute atomic E-state index is 0.0251. The highest BCUT2D eigenvalue weighted by Gasteiger charge is 2.39. The molecule has 1 fully saturated rings. The van der Waals surface area contributed by atoms with E-state index in [2.05, 4.69) is 10.3 Å². The smallest absolute Gasteiger partial charge is 0.243 e. The van der Waals surface area contributed by atoms with Gasteiger partial charge in [-0.05, 0) is 49.2 Å². The first kappa shape index (κ1) is 20.8. The molecule has 0 aliphatic carbocycles. The lowest BCUT2D eigenvalue weighted by Gasteiger charge is -2.23. The van der Waals surface area contributed by atoms with Crippen LogP contribution in [0.2, 0.25) is 0 Å². The minimum atomic E-state index is -3.90. The van der Waals surface area contributed by atoms with Crippen molar-refractivity contribution in [2.75, 3.05) is 11.9 Å². The van der Waals surface area contributed by atoms with Crippen LogP contribution in [0.25, 0.3) is 16.2 Å². The van der Waals surface area contributed by atoms with Crippen LogP contribution >= 0.6 is 11.3 Å². The molecule has 0 bridgehead atoms. The number of imidazole rings is 1. The van der Waals surface area contributed by atoms with Gasteiger partial charge in [0, 0.05) is 35.6 Å².